The van der Waals surface area contributed by atoms with Gasteiger partial charge in [0.05, 0.1) is 12.1 Å². The van der Waals surface area contributed by atoms with E-state index in [1.807, 2.05) is 24.3 Å². The summed E-state index contributed by atoms with van der Waals surface area (Å²) in [5.74, 6) is 0.381. The molecule has 3 amide bonds. The van der Waals surface area contributed by atoms with Crippen LogP contribution in [0.2, 0.25) is 0 Å². The summed E-state index contributed by atoms with van der Waals surface area (Å²) in [4.78, 5) is 31.4. The Hall–Kier alpha value is -3.80. The van der Waals surface area contributed by atoms with Crippen molar-refractivity contribution in [2.24, 2.45) is 5.92 Å². The smallest absolute Gasteiger partial charge is 0.318 e. The summed E-state index contributed by atoms with van der Waals surface area (Å²) in [7, 11) is 0. The zero-order chi connectivity index (χ0) is 25.9. The minimum atomic E-state index is -0.406. The number of amides is 3. The van der Waals surface area contributed by atoms with Crippen LogP contribution in [-0.4, -0.2) is 47.4 Å². The molecule has 6 rings (SSSR count). The molecule has 0 saturated carbocycles. The minimum absolute atomic E-state index is 0.00933. The molecule has 3 aromatic rings. The maximum absolute atomic E-state index is 14.2. The maximum Gasteiger partial charge on any atom is 0.318 e. The van der Waals surface area contributed by atoms with Gasteiger partial charge in [-0.05, 0) is 54.9 Å². The van der Waals surface area contributed by atoms with E-state index < -0.39 is 6.04 Å². The number of hydrogen-bond acceptors (Lipinski definition) is 3. The fourth-order valence-corrected chi connectivity index (χ4v) is 6.65. The highest BCUT2D eigenvalue weighted by atomic mass is 16.2. The summed E-state index contributed by atoms with van der Waals surface area (Å²) >= 11 is 0. The second-order valence-corrected chi connectivity index (χ2v) is 10.7. The van der Waals surface area contributed by atoms with E-state index in [1.54, 1.807) is 4.90 Å². The standard InChI is InChI=1S/C32H36N4O2/c37-31(28-17-9-10-21-35(28)32(38)33-20-18-23-11-3-1-4-12-23)36-22-19-26-29(24-13-5-2-6-14-24)34-27-16-8-7-15-25(27)30(26)36/h1-8,11-16,26,28-30,34H,9-10,17-22H2,(H,33,38)/t26-,28-,29+,30+/m1/s1. The summed E-state index contributed by atoms with van der Waals surface area (Å²) in [6, 6.07) is 28.8. The number of urea groups is 1. The molecular weight excluding hydrogens is 472 g/mol. The van der Waals surface area contributed by atoms with Gasteiger partial charge in [0.25, 0.3) is 0 Å². The lowest BCUT2D eigenvalue weighted by Crippen LogP contribution is -2.56. The first kappa shape index (κ1) is 24.5. The SMILES string of the molecule is O=C(NCCc1ccccc1)N1CCCC[C@@H]1C(=O)N1CC[C@@H]2[C@H](c3ccccc3)Nc3ccccc3[C@@H]21. The number of likely N-dealkylation sites (tertiary alicyclic amines) is 2. The zero-order valence-corrected chi connectivity index (χ0v) is 21.8. The van der Waals surface area contributed by atoms with E-state index in [9.17, 15) is 9.59 Å². The van der Waals surface area contributed by atoms with Crippen LogP contribution in [0.5, 0.6) is 0 Å². The number of para-hydroxylation sites is 1. The number of carbonyl (C=O) groups excluding carboxylic acids is 2. The first-order valence-corrected chi connectivity index (χ1v) is 14.0. The van der Waals surface area contributed by atoms with Crippen molar-refractivity contribution >= 4 is 17.6 Å². The monoisotopic (exact) mass is 508 g/mol. The van der Waals surface area contributed by atoms with Crippen LogP contribution in [0.25, 0.3) is 0 Å². The van der Waals surface area contributed by atoms with Gasteiger partial charge in [-0.25, -0.2) is 4.79 Å². The molecule has 2 N–H and O–H groups in total. The molecule has 3 aromatic carbocycles. The third-order valence-corrected chi connectivity index (χ3v) is 8.49. The number of fused-ring (bicyclic) bond motifs is 3. The van der Waals surface area contributed by atoms with Gasteiger partial charge in [0.15, 0.2) is 0 Å². The number of nitrogens with zero attached hydrogens (tertiary/aromatic N) is 2. The lowest BCUT2D eigenvalue weighted by atomic mass is 9.80. The second kappa shape index (κ2) is 10.9. The van der Waals surface area contributed by atoms with Gasteiger partial charge in [0.1, 0.15) is 6.04 Å². The van der Waals surface area contributed by atoms with Crippen molar-refractivity contribution in [3.05, 3.63) is 102 Å². The lowest BCUT2D eigenvalue weighted by Gasteiger charge is -2.42. The molecule has 0 aliphatic carbocycles. The Kier molecular flexibility index (Phi) is 7.04. The number of rotatable bonds is 5. The summed E-state index contributed by atoms with van der Waals surface area (Å²) in [6.07, 6.45) is 4.34. The molecule has 3 aliphatic heterocycles. The highest BCUT2D eigenvalue weighted by Gasteiger charge is 2.48. The molecule has 2 saturated heterocycles. The first-order valence-electron chi connectivity index (χ1n) is 14.0. The Morgan fingerprint density at radius 2 is 1.55 bits per heavy atom. The van der Waals surface area contributed by atoms with E-state index in [2.05, 4.69) is 76.2 Å². The minimum Gasteiger partial charge on any atom is -0.378 e. The Bertz CT molecular complexity index is 1260. The quantitative estimate of drug-likeness (QED) is 0.475. The predicted octanol–water partition coefficient (Wildman–Crippen LogP) is 5.55. The van der Waals surface area contributed by atoms with Gasteiger partial charge < -0.3 is 20.4 Å². The van der Waals surface area contributed by atoms with Crippen molar-refractivity contribution in [2.75, 3.05) is 25.0 Å². The van der Waals surface area contributed by atoms with Crippen LogP contribution in [0.15, 0.2) is 84.9 Å². The average molecular weight is 509 g/mol. The Morgan fingerprint density at radius 3 is 2.37 bits per heavy atom. The van der Waals surface area contributed by atoms with E-state index in [1.165, 1.54) is 16.7 Å². The third-order valence-electron chi connectivity index (χ3n) is 8.49. The number of hydrogen-bond donors (Lipinski definition) is 2. The van der Waals surface area contributed by atoms with Gasteiger partial charge in [0, 0.05) is 31.2 Å². The molecule has 0 bridgehead atoms. The summed E-state index contributed by atoms with van der Waals surface area (Å²) in [5.41, 5.74) is 4.73. The molecule has 2 fully saturated rings. The number of nitrogens with one attached hydrogen (secondary N) is 2. The summed E-state index contributed by atoms with van der Waals surface area (Å²) in [6.45, 7) is 1.90. The predicted molar refractivity (Wildman–Crippen MR) is 150 cm³/mol. The van der Waals surface area contributed by atoms with E-state index in [-0.39, 0.29) is 29.9 Å². The van der Waals surface area contributed by atoms with Crippen LogP contribution in [-0.2, 0) is 11.2 Å². The van der Waals surface area contributed by atoms with Crippen molar-refractivity contribution in [2.45, 2.75) is 50.2 Å². The first-order chi connectivity index (χ1) is 18.7. The van der Waals surface area contributed by atoms with Crippen LogP contribution < -0.4 is 10.6 Å². The molecule has 0 radical (unpaired) electrons. The third kappa shape index (κ3) is 4.75. The van der Waals surface area contributed by atoms with Crippen LogP contribution in [0.3, 0.4) is 0 Å². The highest BCUT2D eigenvalue weighted by Crippen LogP contribution is 2.51. The van der Waals surface area contributed by atoms with E-state index >= 15 is 0 Å². The number of anilines is 1. The molecule has 0 spiro atoms. The van der Waals surface area contributed by atoms with Gasteiger partial charge in [-0.2, -0.15) is 0 Å². The fraction of sp³-hybridized carbons (Fsp3) is 0.375. The molecule has 196 valence electrons. The molecule has 38 heavy (non-hydrogen) atoms. The van der Waals surface area contributed by atoms with Crippen LogP contribution in [0.1, 0.15) is 54.5 Å². The van der Waals surface area contributed by atoms with E-state index in [0.717, 1.165) is 37.8 Å². The summed E-state index contributed by atoms with van der Waals surface area (Å²) < 4.78 is 0. The number of piperidine rings is 1. The topological polar surface area (TPSA) is 64.7 Å². The summed E-state index contributed by atoms with van der Waals surface area (Å²) in [5, 5.41) is 6.86. The van der Waals surface area contributed by atoms with Gasteiger partial charge in [-0.1, -0.05) is 78.9 Å². The highest BCUT2D eigenvalue weighted by molar-refractivity contribution is 5.88. The largest absolute Gasteiger partial charge is 0.378 e. The van der Waals surface area contributed by atoms with Gasteiger partial charge in [-0.15, -0.1) is 0 Å². The van der Waals surface area contributed by atoms with Crippen molar-refractivity contribution < 1.29 is 9.59 Å². The van der Waals surface area contributed by atoms with E-state index in [4.69, 9.17) is 0 Å². The molecule has 3 aliphatic rings. The van der Waals surface area contributed by atoms with Crippen LogP contribution in [0, 0.1) is 5.92 Å². The Labute approximate surface area is 225 Å². The molecule has 6 nitrogen and oxygen atoms in total. The van der Waals surface area contributed by atoms with Gasteiger partial charge in [-0.3, -0.25) is 4.79 Å². The molecule has 3 heterocycles. The van der Waals surface area contributed by atoms with Crippen molar-refractivity contribution in [3.8, 4) is 0 Å². The molecule has 4 atom stereocenters. The van der Waals surface area contributed by atoms with Crippen molar-refractivity contribution in [1.82, 2.24) is 15.1 Å². The van der Waals surface area contributed by atoms with Crippen molar-refractivity contribution in [3.63, 3.8) is 0 Å². The van der Waals surface area contributed by atoms with Crippen LogP contribution in [0.4, 0.5) is 10.5 Å². The van der Waals surface area contributed by atoms with Gasteiger partial charge >= 0.3 is 6.03 Å². The molecular formula is C32H36N4O2. The fourth-order valence-electron chi connectivity index (χ4n) is 6.65. The molecule has 6 heteroatoms. The Balaban J connectivity index is 1.21. The normalized spacial score (nSPS) is 24.2. The molecule has 0 unspecified atom stereocenters. The lowest BCUT2D eigenvalue weighted by molar-refractivity contribution is -0.138. The van der Waals surface area contributed by atoms with Crippen molar-refractivity contribution in [1.29, 1.82) is 0 Å². The van der Waals surface area contributed by atoms with Gasteiger partial charge in [0.2, 0.25) is 5.91 Å². The zero-order valence-electron chi connectivity index (χ0n) is 21.8. The van der Waals surface area contributed by atoms with Crippen LogP contribution >= 0.6 is 0 Å². The number of carbonyl (C=O) groups is 2. The Morgan fingerprint density at radius 1 is 0.816 bits per heavy atom. The maximum atomic E-state index is 14.2. The number of benzene rings is 3. The van der Waals surface area contributed by atoms with E-state index in [0.29, 0.717) is 19.6 Å². The average Bonchev–Trinajstić information content (AvgIpc) is 3.43. The second-order valence-electron chi connectivity index (χ2n) is 10.7. The molecule has 0 aromatic heterocycles.